The summed E-state index contributed by atoms with van der Waals surface area (Å²) < 4.78 is 5.82. The molecule has 5 atom stereocenters. The third-order valence-electron chi connectivity index (χ3n) is 6.89. The molecule has 2 aromatic rings. The van der Waals surface area contributed by atoms with Crippen molar-refractivity contribution in [2.45, 2.75) is 55.8 Å². The number of aliphatic hydroxyl groups is 5. The average molecular weight is 508 g/mol. The Hall–Kier alpha value is -1.65. The van der Waals surface area contributed by atoms with Crippen LogP contribution in [0.5, 0.6) is 5.75 Å². The Kier molecular flexibility index (Phi) is 10.0. The van der Waals surface area contributed by atoms with Gasteiger partial charge in [-0.1, -0.05) is 30.3 Å². The van der Waals surface area contributed by atoms with E-state index in [0.29, 0.717) is 18.9 Å². The highest BCUT2D eigenvalue weighted by molar-refractivity contribution is 8.16. The molecule has 7 nitrogen and oxygen atoms in total. The minimum atomic E-state index is -1.11. The number of rotatable bonds is 11. The van der Waals surface area contributed by atoms with Gasteiger partial charge in [-0.25, -0.2) is 10.9 Å². The maximum Gasteiger partial charge on any atom is 0.119 e. The lowest BCUT2D eigenvalue weighted by atomic mass is 9.94. The number of thiol groups is 1. The normalized spacial score (nSPS) is 26.0. The van der Waals surface area contributed by atoms with Gasteiger partial charge in [-0.05, 0) is 73.9 Å². The summed E-state index contributed by atoms with van der Waals surface area (Å²) in [6.45, 7) is 4.77. The van der Waals surface area contributed by atoms with Gasteiger partial charge in [0.25, 0.3) is 0 Å². The summed E-state index contributed by atoms with van der Waals surface area (Å²) >= 11 is 0. The lowest BCUT2D eigenvalue weighted by molar-refractivity contribution is -0.0561. The topological polar surface area (TPSA) is 122 Å². The Morgan fingerprint density at radius 3 is 2.37 bits per heavy atom. The van der Waals surface area contributed by atoms with Crippen molar-refractivity contribution in [3.05, 3.63) is 64.7 Å². The molecule has 0 aromatic heterocycles. The lowest BCUT2D eigenvalue weighted by Crippen LogP contribution is -2.49. The standard InChI is InChI=1S/C27H41NO6S/c1-18-5-8-20(26-25(33)24(32)23(31)15-35(26)3)14-21(18)13-19-6-9-22(10-7-19)34-12-4-11-28-27(2,16-29)17-30/h5-10,14,23-26,28-33,35H,4,11-13,15-17H2,1-3H3/t23-,24-,25-,26?/m1/s1. The van der Waals surface area contributed by atoms with E-state index in [1.165, 1.54) is 11.1 Å². The minimum absolute atomic E-state index is 0.125. The quantitative estimate of drug-likeness (QED) is 0.182. The molecule has 0 bridgehead atoms. The zero-order valence-corrected chi connectivity index (χ0v) is 21.8. The second kappa shape index (κ2) is 12.5. The van der Waals surface area contributed by atoms with E-state index in [2.05, 4.69) is 42.8 Å². The van der Waals surface area contributed by atoms with Crippen LogP contribution < -0.4 is 10.1 Å². The summed E-state index contributed by atoms with van der Waals surface area (Å²) in [5, 5.41) is 52.5. The molecule has 1 aliphatic heterocycles. The number of benzene rings is 2. The van der Waals surface area contributed by atoms with Crippen molar-refractivity contribution in [1.82, 2.24) is 5.32 Å². The minimum Gasteiger partial charge on any atom is -0.494 e. The van der Waals surface area contributed by atoms with Crippen LogP contribution in [0.25, 0.3) is 0 Å². The van der Waals surface area contributed by atoms with Gasteiger partial charge in [0.2, 0.25) is 0 Å². The second-order valence-electron chi connectivity index (χ2n) is 9.95. The van der Waals surface area contributed by atoms with Crippen LogP contribution >= 0.6 is 10.9 Å². The predicted molar refractivity (Wildman–Crippen MR) is 142 cm³/mol. The highest BCUT2D eigenvalue weighted by atomic mass is 32.2. The van der Waals surface area contributed by atoms with E-state index in [4.69, 9.17) is 4.74 Å². The molecule has 2 unspecified atom stereocenters. The first-order valence-electron chi connectivity index (χ1n) is 12.2. The zero-order chi connectivity index (χ0) is 25.6. The molecule has 0 spiro atoms. The third-order valence-corrected chi connectivity index (χ3v) is 9.39. The summed E-state index contributed by atoms with van der Waals surface area (Å²) in [4.78, 5) is 0. The average Bonchev–Trinajstić information content (AvgIpc) is 2.85. The molecule has 0 radical (unpaired) electrons. The van der Waals surface area contributed by atoms with E-state index >= 15 is 0 Å². The summed E-state index contributed by atoms with van der Waals surface area (Å²) in [7, 11) is -0.646. The van der Waals surface area contributed by atoms with Crippen LogP contribution in [0, 0.1) is 6.92 Å². The van der Waals surface area contributed by atoms with Crippen molar-refractivity contribution in [3.63, 3.8) is 0 Å². The number of hydrogen-bond acceptors (Lipinski definition) is 7. The zero-order valence-electron chi connectivity index (χ0n) is 20.9. The first-order valence-corrected chi connectivity index (χ1v) is 14.2. The molecular weight excluding hydrogens is 466 g/mol. The number of aryl methyl sites for hydroxylation is 1. The van der Waals surface area contributed by atoms with Crippen LogP contribution in [0.1, 0.15) is 40.8 Å². The molecular formula is C27H41NO6S. The van der Waals surface area contributed by atoms with Gasteiger partial charge in [-0.2, -0.15) is 0 Å². The van der Waals surface area contributed by atoms with Crippen LogP contribution in [0.2, 0.25) is 0 Å². The Balaban J connectivity index is 1.58. The highest BCUT2D eigenvalue weighted by Crippen LogP contribution is 2.48. The van der Waals surface area contributed by atoms with E-state index < -0.39 is 34.7 Å². The van der Waals surface area contributed by atoms with Gasteiger partial charge >= 0.3 is 0 Å². The van der Waals surface area contributed by atoms with Crippen molar-refractivity contribution < 1.29 is 30.3 Å². The van der Waals surface area contributed by atoms with Crippen molar-refractivity contribution in [2.24, 2.45) is 0 Å². The van der Waals surface area contributed by atoms with Gasteiger partial charge in [-0.15, -0.1) is 0 Å². The van der Waals surface area contributed by atoms with E-state index in [0.717, 1.165) is 29.7 Å². The van der Waals surface area contributed by atoms with Gasteiger partial charge in [0.1, 0.15) is 11.9 Å². The van der Waals surface area contributed by atoms with Crippen molar-refractivity contribution >= 4 is 10.9 Å². The van der Waals surface area contributed by atoms with E-state index in [-0.39, 0.29) is 18.5 Å². The molecule has 1 heterocycles. The van der Waals surface area contributed by atoms with Gasteiger partial charge in [0, 0.05) is 11.0 Å². The van der Waals surface area contributed by atoms with E-state index in [1.807, 2.05) is 18.2 Å². The Morgan fingerprint density at radius 1 is 1.03 bits per heavy atom. The molecule has 0 aliphatic carbocycles. The smallest absolute Gasteiger partial charge is 0.119 e. The fourth-order valence-electron chi connectivity index (χ4n) is 4.45. The van der Waals surface area contributed by atoms with Gasteiger partial charge in [0.15, 0.2) is 0 Å². The van der Waals surface area contributed by atoms with Crippen LogP contribution in [-0.4, -0.2) is 87.8 Å². The summed E-state index contributed by atoms with van der Waals surface area (Å²) in [5.41, 5.74) is 3.84. The van der Waals surface area contributed by atoms with Gasteiger partial charge < -0.3 is 35.6 Å². The largest absolute Gasteiger partial charge is 0.494 e. The monoisotopic (exact) mass is 507 g/mol. The fraction of sp³-hybridized carbons (Fsp3) is 0.556. The lowest BCUT2D eigenvalue weighted by Gasteiger charge is -2.42. The summed E-state index contributed by atoms with van der Waals surface area (Å²) in [5.74, 6) is 1.32. The molecule has 196 valence electrons. The van der Waals surface area contributed by atoms with E-state index in [1.54, 1.807) is 6.92 Å². The first kappa shape index (κ1) is 27.9. The SMILES string of the molecule is Cc1ccc(C2[C@H](O)[C@H](O)[C@H](O)C[SH]2C)cc1Cc1ccc(OCCCNC(C)(CO)CO)cc1. The van der Waals surface area contributed by atoms with Crippen LogP contribution in [-0.2, 0) is 6.42 Å². The Bertz CT molecular complexity index is 936. The van der Waals surface area contributed by atoms with E-state index in [9.17, 15) is 25.5 Å². The van der Waals surface area contributed by atoms with Gasteiger partial charge in [0.05, 0.1) is 37.6 Å². The fourth-order valence-corrected chi connectivity index (χ4v) is 6.85. The van der Waals surface area contributed by atoms with Crippen LogP contribution in [0.4, 0.5) is 0 Å². The molecule has 1 saturated heterocycles. The molecule has 0 saturated carbocycles. The maximum absolute atomic E-state index is 10.6. The molecule has 6 N–H and O–H groups in total. The molecule has 1 aliphatic rings. The summed E-state index contributed by atoms with van der Waals surface area (Å²) in [6.07, 6.45) is 0.645. The van der Waals surface area contributed by atoms with Gasteiger partial charge in [-0.3, -0.25) is 0 Å². The molecule has 0 amide bonds. The third kappa shape index (κ3) is 7.20. The highest BCUT2D eigenvalue weighted by Gasteiger charge is 2.40. The van der Waals surface area contributed by atoms with Crippen molar-refractivity contribution in [3.8, 4) is 5.75 Å². The first-order chi connectivity index (χ1) is 16.7. The Labute approximate surface area is 211 Å². The number of aliphatic hydroxyl groups excluding tert-OH is 5. The molecule has 35 heavy (non-hydrogen) atoms. The second-order valence-corrected chi connectivity index (χ2v) is 12.4. The van der Waals surface area contributed by atoms with Crippen molar-refractivity contribution in [1.29, 1.82) is 0 Å². The number of hydrogen-bond donors (Lipinski definition) is 7. The molecule has 8 heteroatoms. The molecule has 1 fully saturated rings. The summed E-state index contributed by atoms with van der Waals surface area (Å²) in [6, 6.07) is 14.3. The van der Waals surface area contributed by atoms with Crippen LogP contribution in [0.3, 0.4) is 0 Å². The number of ether oxygens (including phenoxy) is 1. The predicted octanol–water partition coefficient (Wildman–Crippen LogP) is 1.46. The number of nitrogens with one attached hydrogen (secondary N) is 1. The Morgan fingerprint density at radius 2 is 1.71 bits per heavy atom. The molecule has 2 aromatic carbocycles. The molecule has 3 rings (SSSR count). The van der Waals surface area contributed by atoms with Crippen molar-refractivity contribution in [2.75, 3.05) is 38.4 Å². The van der Waals surface area contributed by atoms with Crippen LogP contribution in [0.15, 0.2) is 42.5 Å². The maximum atomic E-state index is 10.6.